The van der Waals surface area contributed by atoms with Gasteiger partial charge in [0, 0.05) is 19.7 Å². The summed E-state index contributed by atoms with van der Waals surface area (Å²) in [5.74, 6) is 1.14. The summed E-state index contributed by atoms with van der Waals surface area (Å²) < 4.78 is 0. The fraction of sp³-hybridized carbons (Fsp3) is 0.385. The van der Waals surface area contributed by atoms with Crippen LogP contribution < -0.4 is 10.6 Å². The Balaban J connectivity index is 2.39. The number of hydrogen-bond acceptors (Lipinski definition) is 5. The van der Waals surface area contributed by atoms with E-state index >= 15 is 0 Å². The lowest BCUT2D eigenvalue weighted by atomic mass is 10.3. The minimum Gasteiger partial charge on any atom is -0.396 e. The molecule has 0 radical (unpaired) electrons. The average Bonchev–Trinajstić information content (AvgIpc) is 2.40. The molecule has 0 atom stereocenters. The van der Waals surface area contributed by atoms with E-state index in [1.54, 1.807) is 0 Å². The second-order valence-electron chi connectivity index (χ2n) is 4.08. The Morgan fingerprint density at radius 1 is 1.22 bits per heavy atom. The Morgan fingerprint density at radius 2 is 1.89 bits per heavy atom. The van der Waals surface area contributed by atoms with E-state index in [9.17, 15) is 0 Å². The number of anilines is 2. The summed E-state index contributed by atoms with van der Waals surface area (Å²) in [4.78, 5) is 11.0. The molecule has 0 saturated heterocycles. The summed E-state index contributed by atoms with van der Waals surface area (Å²) in [6.45, 7) is 3.71. The number of nitrogens with zero attached hydrogens (tertiary/aromatic N) is 3. The first-order chi connectivity index (χ1) is 8.76. The van der Waals surface area contributed by atoms with Crippen molar-refractivity contribution in [2.75, 3.05) is 30.3 Å². The molecule has 1 aromatic carbocycles. The number of aliphatic hydroxyl groups excluding tert-OH is 1. The van der Waals surface area contributed by atoms with Crippen molar-refractivity contribution >= 4 is 22.7 Å². The molecule has 2 aromatic rings. The molecule has 18 heavy (non-hydrogen) atoms. The Labute approximate surface area is 106 Å². The summed E-state index contributed by atoms with van der Waals surface area (Å²) in [5.41, 5.74) is 7.60. The van der Waals surface area contributed by atoms with Crippen LogP contribution in [0.25, 0.3) is 11.0 Å². The van der Waals surface area contributed by atoms with Crippen molar-refractivity contribution in [3.8, 4) is 0 Å². The van der Waals surface area contributed by atoms with Gasteiger partial charge in [0.05, 0.1) is 11.0 Å². The SMILES string of the molecule is CCN(CCCO)c1nc2ccccc2nc1N. The normalized spacial score (nSPS) is 10.8. The van der Waals surface area contributed by atoms with E-state index < -0.39 is 0 Å². The lowest BCUT2D eigenvalue weighted by Gasteiger charge is -2.22. The highest BCUT2D eigenvalue weighted by molar-refractivity contribution is 5.79. The van der Waals surface area contributed by atoms with Gasteiger partial charge >= 0.3 is 0 Å². The van der Waals surface area contributed by atoms with Gasteiger partial charge in [-0.05, 0) is 25.5 Å². The van der Waals surface area contributed by atoms with Crippen LogP contribution in [0.4, 0.5) is 11.6 Å². The Morgan fingerprint density at radius 3 is 2.50 bits per heavy atom. The molecule has 0 aliphatic rings. The number of hydrogen-bond donors (Lipinski definition) is 2. The Bertz CT molecular complexity index is 529. The maximum atomic E-state index is 8.90. The molecule has 1 heterocycles. The summed E-state index contributed by atoms with van der Waals surface area (Å²) in [6.07, 6.45) is 0.696. The topological polar surface area (TPSA) is 75.3 Å². The number of para-hydroxylation sites is 2. The van der Waals surface area contributed by atoms with Crippen LogP contribution in [0.3, 0.4) is 0 Å². The number of rotatable bonds is 5. The molecule has 0 fully saturated rings. The van der Waals surface area contributed by atoms with Gasteiger partial charge in [0.2, 0.25) is 0 Å². The maximum absolute atomic E-state index is 8.90. The van der Waals surface area contributed by atoms with E-state index in [0.717, 1.165) is 24.1 Å². The monoisotopic (exact) mass is 246 g/mol. The highest BCUT2D eigenvalue weighted by Gasteiger charge is 2.12. The van der Waals surface area contributed by atoms with Gasteiger partial charge in [0.15, 0.2) is 11.6 Å². The lowest BCUT2D eigenvalue weighted by Crippen LogP contribution is -2.27. The largest absolute Gasteiger partial charge is 0.396 e. The summed E-state index contributed by atoms with van der Waals surface area (Å²) in [7, 11) is 0. The van der Waals surface area contributed by atoms with Crippen LogP contribution in [0.5, 0.6) is 0 Å². The number of nitrogen functional groups attached to an aromatic ring is 1. The van der Waals surface area contributed by atoms with Crippen molar-refractivity contribution in [2.24, 2.45) is 0 Å². The van der Waals surface area contributed by atoms with E-state index in [1.807, 2.05) is 36.1 Å². The number of fused-ring (bicyclic) bond motifs is 1. The highest BCUT2D eigenvalue weighted by atomic mass is 16.3. The van der Waals surface area contributed by atoms with Gasteiger partial charge in [0.1, 0.15) is 0 Å². The molecular weight excluding hydrogens is 228 g/mol. The van der Waals surface area contributed by atoms with E-state index in [2.05, 4.69) is 9.97 Å². The Kier molecular flexibility index (Phi) is 3.94. The first kappa shape index (κ1) is 12.6. The Hall–Kier alpha value is -1.88. The number of nitrogens with two attached hydrogens (primary N) is 1. The van der Waals surface area contributed by atoms with Crippen molar-refractivity contribution in [2.45, 2.75) is 13.3 Å². The molecule has 0 aliphatic carbocycles. The number of benzene rings is 1. The van der Waals surface area contributed by atoms with Crippen molar-refractivity contribution in [3.05, 3.63) is 24.3 Å². The molecule has 0 spiro atoms. The molecule has 5 heteroatoms. The minimum atomic E-state index is 0.164. The number of aromatic nitrogens is 2. The molecule has 0 unspecified atom stereocenters. The molecular formula is C13H18N4O. The van der Waals surface area contributed by atoms with Gasteiger partial charge in [-0.2, -0.15) is 0 Å². The van der Waals surface area contributed by atoms with Gasteiger partial charge in [-0.3, -0.25) is 0 Å². The fourth-order valence-electron chi connectivity index (χ4n) is 1.91. The third-order valence-electron chi connectivity index (χ3n) is 2.85. The van der Waals surface area contributed by atoms with Crippen LogP contribution in [-0.4, -0.2) is 34.8 Å². The second kappa shape index (κ2) is 5.64. The minimum absolute atomic E-state index is 0.164. The van der Waals surface area contributed by atoms with Gasteiger partial charge < -0.3 is 15.7 Å². The number of aliphatic hydroxyl groups is 1. The van der Waals surface area contributed by atoms with Crippen molar-refractivity contribution in [1.29, 1.82) is 0 Å². The van der Waals surface area contributed by atoms with Crippen molar-refractivity contribution in [3.63, 3.8) is 0 Å². The van der Waals surface area contributed by atoms with Crippen LogP contribution in [0.1, 0.15) is 13.3 Å². The first-order valence-corrected chi connectivity index (χ1v) is 6.14. The molecule has 96 valence electrons. The van der Waals surface area contributed by atoms with Crippen LogP contribution in [0, 0.1) is 0 Å². The maximum Gasteiger partial charge on any atom is 0.172 e. The molecule has 0 bridgehead atoms. The molecule has 1 aromatic heterocycles. The molecule has 0 aliphatic heterocycles. The van der Waals surface area contributed by atoms with E-state index in [4.69, 9.17) is 10.8 Å². The standard InChI is InChI=1S/C13H18N4O/c1-2-17(8-5-9-18)13-12(14)15-10-6-3-4-7-11(10)16-13/h3-4,6-7,18H,2,5,8-9H2,1H3,(H2,14,15). The molecule has 5 nitrogen and oxygen atoms in total. The average molecular weight is 246 g/mol. The van der Waals surface area contributed by atoms with Gasteiger partial charge in [-0.25, -0.2) is 9.97 Å². The molecule has 2 rings (SSSR count). The summed E-state index contributed by atoms with van der Waals surface area (Å²) in [5, 5.41) is 8.90. The van der Waals surface area contributed by atoms with Crippen molar-refractivity contribution < 1.29 is 5.11 Å². The van der Waals surface area contributed by atoms with Gasteiger partial charge in [0.25, 0.3) is 0 Å². The predicted octanol–water partition coefficient (Wildman–Crippen LogP) is 1.42. The summed E-state index contributed by atoms with van der Waals surface area (Å²) >= 11 is 0. The van der Waals surface area contributed by atoms with E-state index in [0.29, 0.717) is 18.1 Å². The smallest absolute Gasteiger partial charge is 0.172 e. The zero-order chi connectivity index (χ0) is 13.0. The quantitative estimate of drug-likeness (QED) is 0.834. The molecule has 0 amide bonds. The summed E-state index contributed by atoms with van der Waals surface area (Å²) in [6, 6.07) is 7.66. The third-order valence-corrected chi connectivity index (χ3v) is 2.85. The predicted molar refractivity (Wildman–Crippen MR) is 73.5 cm³/mol. The lowest BCUT2D eigenvalue weighted by molar-refractivity contribution is 0.289. The van der Waals surface area contributed by atoms with Crippen LogP contribution in [0.2, 0.25) is 0 Å². The highest BCUT2D eigenvalue weighted by Crippen LogP contribution is 2.22. The van der Waals surface area contributed by atoms with E-state index in [1.165, 1.54) is 0 Å². The third kappa shape index (κ3) is 2.51. The fourth-order valence-corrected chi connectivity index (χ4v) is 1.91. The van der Waals surface area contributed by atoms with Crippen molar-refractivity contribution in [1.82, 2.24) is 9.97 Å². The van der Waals surface area contributed by atoms with Gasteiger partial charge in [-0.1, -0.05) is 12.1 Å². The molecule has 0 saturated carbocycles. The first-order valence-electron chi connectivity index (χ1n) is 6.14. The van der Waals surface area contributed by atoms with E-state index in [-0.39, 0.29) is 6.61 Å². The van der Waals surface area contributed by atoms with Gasteiger partial charge in [-0.15, -0.1) is 0 Å². The molecule has 3 N–H and O–H groups in total. The van der Waals surface area contributed by atoms with Crippen LogP contribution >= 0.6 is 0 Å². The second-order valence-corrected chi connectivity index (χ2v) is 4.08. The van der Waals surface area contributed by atoms with Crippen LogP contribution in [0.15, 0.2) is 24.3 Å². The van der Waals surface area contributed by atoms with Crippen LogP contribution in [-0.2, 0) is 0 Å². The zero-order valence-electron chi connectivity index (χ0n) is 10.5. The zero-order valence-corrected chi connectivity index (χ0v) is 10.5.